The first kappa shape index (κ1) is 29.7. The van der Waals surface area contributed by atoms with Crippen molar-refractivity contribution in [3.05, 3.63) is 26.6 Å². The van der Waals surface area contributed by atoms with E-state index in [0.29, 0.717) is 6.61 Å². The smallest absolute Gasteiger partial charge is 0.147 e. The molecule has 0 amide bonds. The molecule has 1 N–H and O–H groups in total. The molecule has 0 aliphatic carbocycles. The third-order valence-electron chi connectivity index (χ3n) is 4.16. The van der Waals surface area contributed by atoms with Gasteiger partial charge in [0.25, 0.3) is 0 Å². The fourth-order valence-corrected chi connectivity index (χ4v) is 4.27. The fourth-order valence-electron chi connectivity index (χ4n) is 2.76. The van der Waals surface area contributed by atoms with Crippen LogP contribution in [-0.2, 0) is 6.54 Å². The monoisotopic (exact) mass is 548 g/mol. The molecule has 160 valence electrons. The molecule has 0 heterocycles. The lowest BCUT2D eigenvalue weighted by molar-refractivity contribution is 0.261. The Balaban J connectivity index is 0. The maximum Gasteiger partial charge on any atom is 0.147 e. The molecule has 0 radical (unpaired) electrons. The summed E-state index contributed by atoms with van der Waals surface area (Å²) in [6, 6.07) is 4.27. The molecule has 0 aliphatic rings. The molecule has 0 saturated heterocycles. The minimum Gasteiger partial charge on any atom is -0.492 e. The van der Waals surface area contributed by atoms with Gasteiger partial charge in [0.05, 0.1) is 15.6 Å². The maximum absolute atomic E-state index is 5.64. The molecule has 27 heavy (non-hydrogen) atoms. The fraction of sp³-hybridized carbons (Fsp3) is 0.700. The van der Waals surface area contributed by atoms with Crippen molar-refractivity contribution in [2.45, 2.75) is 59.4 Å². The predicted molar refractivity (Wildman–Crippen MR) is 130 cm³/mol. The van der Waals surface area contributed by atoms with Crippen LogP contribution in [0.5, 0.6) is 5.75 Å². The normalized spacial score (nSPS) is 10.4. The lowest BCUT2D eigenvalue weighted by Crippen LogP contribution is -2.29. The number of hydrogen-bond acceptors (Lipinski definition) is 3. The van der Waals surface area contributed by atoms with Crippen molar-refractivity contribution < 1.29 is 4.74 Å². The molecule has 0 aliphatic heterocycles. The first-order valence-electron chi connectivity index (χ1n) is 9.66. The highest BCUT2D eigenvalue weighted by Crippen LogP contribution is 2.34. The summed E-state index contributed by atoms with van der Waals surface area (Å²) >= 11 is 7.20. The van der Waals surface area contributed by atoms with E-state index in [9.17, 15) is 0 Å². The van der Waals surface area contributed by atoms with E-state index in [4.69, 9.17) is 4.74 Å². The summed E-state index contributed by atoms with van der Waals surface area (Å²) in [6.07, 6.45) is 6.38. The second kappa shape index (κ2) is 18.5. The Morgan fingerprint density at radius 3 is 1.89 bits per heavy atom. The minimum absolute atomic E-state index is 0. The SMILES string of the molecule is CCCCN(CCCC)CCCNCc1cc(Br)c(OCC)c(Br)c1.Cl.Cl. The average molecular weight is 551 g/mol. The van der Waals surface area contributed by atoms with Crippen LogP contribution in [0.2, 0.25) is 0 Å². The first-order chi connectivity index (χ1) is 12.1. The Kier molecular flexibility index (Phi) is 20.3. The van der Waals surface area contributed by atoms with Crippen LogP contribution in [0.4, 0.5) is 0 Å². The Hall–Kier alpha value is 0.480. The molecule has 1 rings (SSSR count). The third-order valence-corrected chi connectivity index (χ3v) is 5.34. The van der Waals surface area contributed by atoms with Gasteiger partial charge < -0.3 is 15.0 Å². The van der Waals surface area contributed by atoms with E-state index >= 15 is 0 Å². The number of nitrogens with one attached hydrogen (secondary N) is 1. The molecule has 0 unspecified atom stereocenters. The molecule has 0 atom stereocenters. The molecule has 0 fully saturated rings. The quantitative estimate of drug-likeness (QED) is 0.257. The lowest BCUT2D eigenvalue weighted by atomic mass is 10.2. The van der Waals surface area contributed by atoms with E-state index in [2.05, 4.69) is 68.1 Å². The highest BCUT2D eigenvalue weighted by Gasteiger charge is 2.08. The van der Waals surface area contributed by atoms with Crippen molar-refractivity contribution in [1.82, 2.24) is 10.2 Å². The zero-order valence-electron chi connectivity index (χ0n) is 16.9. The summed E-state index contributed by atoms with van der Waals surface area (Å²) in [5.41, 5.74) is 1.26. The second-order valence-corrected chi connectivity index (χ2v) is 8.11. The summed E-state index contributed by atoms with van der Waals surface area (Å²) in [7, 11) is 0. The van der Waals surface area contributed by atoms with E-state index in [-0.39, 0.29) is 24.8 Å². The minimum atomic E-state index is 0. The number of halogens is 4. The zero-order valence-corrected chi connectivity index (χ0v) is 21.7. The van der Waals surface area contributed by atoms with Crippen molar-refractivity contribution >= 4 is 56.7 Å². The molecule has 0 aromatic heterocycles. The molecule has 0 saturated carbocycles. The van der Waals surface area contributed by atoms with Gasteiger partial charge in [-0.2, -0.15) is 0 Å². The van der Waals surface area contributed by atoms with Crippen LogP contribution in [0, 0.1) is 0 Å². The molecular weight excluding hydrogens is 515 g/mol. The van der Waals surface area contributed by atoms with Crippen LogP contribution in [0.25, 0.3) is 0 Å². The molecule has 3 nitrogen and oxygen atoms in total. The van der Waals surface area contributed by atoms with Crippen LogP contribution in [0.15, 0.2) is 21.1 Å². The molecule has 1 aromatic rings. The zero-order chi connectivity index (χ0) is 18.5. The second-order valence-electron chi connectivity index (χ2n) is 6.40. The van der Waals surface area contributed by atoms with E-state index < -0.39 is 0 Å². The average Bonchev–Trinajstić information content (AvgIpc) is 2.59. The van der Waals surface area contributed by atoms with Crippen molar-refractivity contribution in [2.24, 2.45) is 0 Å². The van der Waals surface area contributed by atoms with Gasteiger partial charge in [-0.05, 0) is 102 Å². The number of ether oxygens (including phenoxy) is 1. The summed E-state index contributed by atoms with van der Waals surface area (Å²) in [6.45, 7) is 12.8. The molecular formula is C20H36Br2Cl2N2O. The van der Waals surface area contributed by atoms with Crippen molar-refractivity contribution in [1.29, 1.82) is 0 Å². The van der Waals surface area contributed by atoms with Gasteiger partial charge in [-0.15, -0.1) is 24.8 Å². The number of benzene rings is 1. The number of rotatable bonds is 14. The summed E-state index contributed by atoms with van der Waals surface area (Å²) in [5.74, 6) is 0.883. The van der Waals surface area contributed by atoms with Gasteiger partial charge in [0.15, 0.2) is 0 Å². The number of nitrogens with zero attached hydrogens (tertiary/aromatic N) is 1. The summed E-state index contributed by atoms with van der Waals surface area (Å²) in [4.78, 5) is 2.62. The van der Waals surface area contributed by atoms with E-state index in [1.807, 2.05) is 6.92 Å². The summed E-state index contributed by atoms with van der Waals surface area (Å²) < 4.78 is 7.65. The van der Waals surface area contributed by atoms with Crippen LogP contribution in [-0.4, -0.2) is 37.7 Å². The van der Waals surface area contributed by atoms with Crippen molar-refractivity contribution in [3.8, 4) is 5.75 Å². The van der Waals surface area contributed by atoms with Gasteiger partial charge in [-0.1, -0.05) is 26.7 Å². The molecule has 0 spiro atoms. The Morgan fingerprint density at radius 1 is 0.889 bits per heavy atom. The van der Waals surface area contributed by atoms with Crippen molar-refractivity contribution in [2.75, 3.05) is 32.8 Å². The Labute approximate surface area is 195 Å². The highest BCUT2D eigenvalue weighted by atomic mass is 79.9. The predicted octanol–water partition coefficient (Wildman–Crippen LogP) is 6.84. The van der Waals surface area contributed by atoms with Crippen molar-refractivity contribution in [3.63, 3.8) is 0 Å². The third kappa shape index (κ3) is 12.6. The molecule has 7 heteroatoms. The van der Waals surface area contributed by atoms with Crippen LogP contribution >= 0.6 is 56.7 Å². The maximum atomic E-state index is 5.64. The summed E-state index contributed by atoms with van der Waals surface area (Å²) in [5, 5.41) is 3.57. The first-order valence-corrected chi connectivity index (χ1v) is 11.2. The highest BCUT2D eigenvalue weighted by molar-refractivity contribution is 9.11. The Bertz CT molecular complexity index is 462. The van der Waals surface area contributed by atoms with Gasteiger partial charge in [0.2, 0.25) is 0 Å². The van der Waals surface area contributed by atoms with Gasteiger partial charge in [0, 0.05) is 6.54 Å². The standard InChI is InChI=1S/C20H34Br2N2O.2ClH/c1-4-7-11-24(12-8-5-2)13-9-10-23-16-17-14-18(21)20(25-6-3)19(22)15-17;;/h14-15,23H,4-13,16H2,1-3H3;2*1H. The number of unbranched alkanes of at least 4 members (excludes halogenated alkanes) is 2. The van der Waals surface area contributed by atoms with Crippen LogP contribution in [0.3, 0.4) is 0 Å². The van der Waals surface area contributed by atoms with Crippen LogP contribution in [0.1, 0.15) is 58.4 Å². The Morgan fingerprint density at radius 2 is 1.41 bits per heavy atom. The number of hydrogen-bond donors (Lipinski definition) is 1. The largest absolute Gasteiger partial charge is 0.492 e. The van der Waals surface area contributed by atoms with Gasteiger partial charge in [0.1, 0.15) is 5.75 Å². The molecule has 0 bridgehead atoms. The van der Waals surface area contributed by atoms with Gasteiger partial charge >= 0.3 is 0 Å². The van der Waals surface area contributed by atoms with E-state index in [0.717, 1.165) is 27.8 Å². The van der Waals surface area contributed by atoms with E-state index in [1.54, 1.807) is 0 Å². The lowest BCUT2D eigenvalue weighted by Gasteiger charge is -2.22. The molecule has 1 aromatic carbocycles. The van der Waals surface area contributed by atoms with Gasteiger partial charge in [-0.3, -0.25) is 0 Å². The van der Waals surface area contributed by atoms with E-state index in [1.165, 1.54) is 57.3 Å². The topological polar surface area (TPSA) is 24.5 Å². The van der Waals surface area contributed by atoms with Crippen LogP contribution < -0.4 is 10.1 Å². The van der Waals surface area contributed by atoms with Gasteiger partial charge in [-0.25, -0.2) is 0 Å².